The van der Waals surface area contributed by atoms with Crippen LogP contribution in [-0.4, -0.2) is 17.0 Å². The minimum absolute atomic E-state index is 0.0334. The number of nitrogens with zero attached hydrogens (tertiary/aromatic N) is 2. The Morgan fingerprint density at radius 1 is 1.24 bits per heavy atom. The number of para-hydroxylation sites is 1. The zero-order valence-corrected chi connectivity index (χ0v) is 12.3. The highest BCUT2D eigenvalue weighted by atomic mass is 79.9. The largest absolute Gasteiger partial charge is 0.282 e. The van der Waals surface area contributed by atoms with Crippen LogP contribution in [0.15, 0.2) is 58.1 Å². The fourth-order valence-electron chi connectivity index (χ4n) is 1.64. The smallest absolute Gasteiger partial charge is 0.267 e. The molecular formula is C14H10BrN3O3. The van der Waals surface area contributed by atoms with Crippen LogP contribution in [-0.2, 0) is 0 Å². The van der Waals surface area contributed by atoms with Crippen molar-refractivity contribution in [2.45, 2.75) is 0 Å². The summed E-state index contributed by atoms with van der Waals surface area (Å²) < 4.78 is 0.886. The average Bonchev–Trinajstić information content (AvgIpc) is 2.47. The number of halogens is 1. The van der Waals surface area contributed by atoms with Crippen LogP contribution in [0.4, 0.5) is 5.69 Å². The van der Waals surface area contributed by atoms with Gasteiger partial charge in [0.15, 0.2) is 0 Å². The van der Waals surface area contributed by atoms with E-state index in [1.54, 1.807) is 6.07 Å². The lowest BCUT2D eigenvalue weighted by atomic mass is 10.2. The molecule has 0 unspecified atom stereocenters. The number of rotatable bonds is 4. The van der Waals surface area contributed by atoms with E-state index in [1.807, 2.05) is 24.3 Å². The Morgan fingerprint density at radius 2 is 2.00 bits per heavy atom. The van der Waals surface area contributed by atoms with E-state index in [0.29, 0.717) is 0 Å². The second kappa shape index (κ2) is 6.76. The Kier molecular flexibility index (Phi) is 4.78. The van der Waals surface area contributed by atoms with E-state index in [-0.39, 0.29) is 11.3 Å². The van der Waals surface area contributed by atoms with E-state index in [1.165, 1.54) is 24.4 Å². The second-order valence-corrected chi connectivity index (χ2v) is 4.94. The van der Waals surface area contributed by atoms with Crippen molar-refractivity contribution >= 4 is 33.7 Å². The minimum atomic E-state index is -0.631. The number of hydrogen-bond acceptors (Lipinski definition) is 4. The van der Waals surface area contributed by atoms with Gasteiger partial charge < -0.3 is 0 Å². The van der Waals surface area contributed by atoms with Crippen LogP contribution in [0.1, 0.15) is 15.9 Å². The maximum atomic E-state index is 11.9. The van der Waals surface area contributed by atoms with Crippen molar-refractivity contribution in [2.75, 3.05) is 0 Å². The van der Waals surface area contributed by atoms with Gasteiger partial charge >= 0.3 is 0 Å². The van der Waals surface area contributed by atoms with Gasteiger partial charge in [0.2, 0.25) is 0 Å². The van der Waals surface area contributed by atoms with Crippen molar-refractivity contribution in [2.24, 2.45) is 5.10 Å². The predicted molar refractivity (Wildman–Crippen MR) is 82.3 cm³/mol. The maximum absolute atomic E-state index is 11.9. The molecule has 6 nitrogen and oxygen atoms in total. The Labute approximate surface area is 128 Å². The van der Waals surface area contributed by atoms with Crippen molar-refractivity contribution in [3.63, 3.8) is 0 Å². The first-order valence-electron chi connectivity index (χ1n) is 5.90. The molecule has 0 saturated carbocycles. The summed E-state index contributed by atoms with van der Waals surface area (Å²) in [5, 5.41) is 14.6. The highest BCUT2D eigenvalue weighted by Gasteiger charge is 2.18. The zero-order valence-electron chi connectivity index (χ0n) is 10.7. The molecule has 0 aliphatic rings. The van der Waals surface area contributed by atoms with Crippen molar-refractivity contribution < 1.29 is 9.72 Å². The van der Waals surface area contributed by atoms with Crippen molar-refractivity contribution in [3.05, 3.63) is 74.2 Å². The molecule has 2 aromatic rings. The monoisotopic (exact) mass is 347 g/mol. The molecule has 0 saturated heterocycles. The molecule has 2 rings (SSSR count). The SMILES string of the molecule is O=C(N/N=C\c1cccc(Br)c1)c1ccccc1[N+](=O)[O-]. The highest BCUT2D eigenvalue weighted by molar-refractivity contribution is 9.10. The Bertz CT molecular complexity index is 716. The lowest BCUT2D eigenvalue weighted by molar-refractivity contribution is -0.385. The van der Waals surface area contributed by atoms with E-state index in [9.17, 15) is 14.9 Å². The molecule has 0 atom stereocenters. The summed E-state index contributed by atoms with van der Waals surface area (Å²) >= 11 is 3.32. The fourth-order valence-corrected chi connectivity index (χ4v) is 2.05. The lowest BCUT2D eigenvalue weighted by Crippen LogP contribution is -2.18. The minimum Gasteiger partial charge on any atom is -0.267 e. The zero-order chi connectivity index (χ0) is 15.2. The first kappa shape index (κ1) is 14.9. The quantitative estimate of drug-likeness (QED) is 0.523. The van der Waals surface area contributed by atoms with Gasteiger partial charge in [-0.15, -0.1) is 0 Å². The highest BCUT2D eigenvalue weighted by Crippen LogP contribution is 2.17. The van der Waals surface area contributed by atoms with Gasteiger partial charge in [0.25, 0.3) is 11.6 Å². The molecule has 106 valence electrons. The number of nitrogens with one attached hydrogen (secondary N) is 1. The molecule has 1 amide bonds. The van der Waals surface area contributed by atoms with E-state index in [4.69, 9.17) is 0 Å². The third kappa shape index (κ3) is 3.96. The first-order valence-corrected chi connectivity index (χ1v) is 6.69. The van der Waals surface area contributed by atoms with Gasteiger partial charge in [-0.05, 0) is 23.8 Å². The Morgan fingerprint density at radius 3 is 2.71 bits per heavy atom. The number of hydrogen-bond donors (Lipinski definition) is 1. The van der Waals surface area contributed by atoms with Crippen molar-refractivity contribution in [3.8, 4) is 0 Å². The van der Waals surface area contributed by atoms with Gasteiger partial charge in [0.1, 0.15) is 5.56 Å². The van der Waals surface area contributed by atoms with Crippen LogP contribution in [0.2, 0.25) is 0 Å². The third-order valence-electron chi connectivity index (χ3n) is 2.57. The Balaban J connectivity index is 2.11. The first-order chi connectivity index (χ1) is 10.1. The summed E-state index contributed by atoms with van der Waals surface area (Å²) in [6.07, 6.45) is 1.46. The number of benzene rings is 2. The van der Waals surface area contributed by atoms with Gasteiger partial charge in [0.05, 0.1) is 11.1 Å². The topological polar surface area (TPSA) is 84.6 Å². The molecule has 0 aliphatic carbocycles. The van der Waals surface area contributed by atoms with Crippen LogP contribution < -0.4 is 5.43 Å². The fraction of sp³-hybridized carbons (Fsp3) is 0. The number of carbonyl (C=O) groups excluding carboxylic acids is 1. The summed E-state index contributed by atoms with van der Waals surface area (Å²) in [4.78, 5) is 22.1. The molecule has 21 heavy (non-hydrogen) atoms. The summed E-state index contributed by atoms with van der Waals surface area (Å²) in [7, 11) is 0. The number of hydrazone groups is 1. The van der Waals surface area contributed by atoms with Crippen molar-refractivity contribution in [1.82, 2.24) is 5.43 Å². The van der Waals surface area contributed by atoms with E-state index in [2.05, 4.69) is 26.5 Å². The van der Waals surface area contributed by atoms with Crippen LogP contribution >= 0.6 is 15.9 Å². The number of nitro groups is 1. The van der Waals surface area contributed by atoms with E-state index in [0.717, 1.165) is 10.0 Å². The normalized spacial score (nSPS) is 10.5. The summed E-state index contributed by atoms with van der Waals surface area (Å²) in [5.41, 5.74) is 2.77. The van der Waals surface area contributed by atoms with Crippen molar-refractivity contribution in [1.29, 1.82) is 0 Å². The molecule has 0 heterocycles. The molecular weight excluding hydrogens is 338 g/mol. The van der Waals surface area contributed by atoms with Gasteiger partial charge in [-0.1, -0.05) is 40.2 Å². The summed E-state index contributed by atoms with van der Waals surface area (Å²) in [6, 6.07) is 13.0. The van der Waals surface area contributed by atoms with Gasteiger partial charge in [0, 0.05) is 10.5 Å². The molecule has 0 aromatic heterocycles. The van der Waals surface area contributed by atoms with Crippen LogP contribution in [0.3, 0.4) is 0 Å². The average molecular weight is 348 g/mol. The van der Waals surface area contributed by atoms with Gasteiger partial charge in [-0.3, -0.25) is 14.9 Å². The standard InChI is InChI=1S/C14H10BrN3O3/c15-11-5-3-4-10(8-11)9-16-17-14(19)12-6-1-2-7-13(12)18(20)21/h1-9H,(H,17,19)/b16-9-. The maximum Gasteiger partial charge on any atom is 0.282 e. The van der Waals surface area contributed by atoms with E-state index >= 15 is 0 Å². The van der Waals surface area contributed by atoms with Crippen LogP contribution in [0.5, 0.6) is 0 Å². The Hall–Kier alpha value is -2.54. The van der Waals surface area contributed by atoms with Crippen LogP contribution in [0, 0.1) is 10.1 Å². The molecule has 0 bridgehead atoms. The molecule has 0 aliphatic heterocycles. The van der Waals surface area contributed by atoms with Gasteiger partial charge in [-0.2, -0.15) is 5.10 Å². The molecule has 2 aromatic carbocycles. The van der Waals surface area contributed by atoms with Gasteiger partial charge in [-0.25, -0.2) is 5.43 Å². The summed E-state index contributed by atoms with van der Waals surface area (Å²) in [6.45, 7) is 0. The molecule has 1 N–H and O–H groups in total. The van der Waals surface area contributed by atoms with E-state index < -0.39 is 10.8 Å². The summed E-state index contributed by atoms with van der Waals surface area (Å²) in [5.74, 6) is -0.631. The third-order valence-corrected chi connectivity index (χ3v) is 3.07. The second-order valence-electron chi connectivity index (χ2n) is 4.03. The van der Waals surface area contributed by atoms with Crippen LogP contribution in [0.25, 0.3) is 0 Å². The number of amides is 1. The lowest BCUT2D eigenvalue weighted by Gasteiger charge is -2.01. The predicted octanol–water partition coefficient (Wildman–Crippen LogP) is 3.12. The number of nitro benzene ring substituents is 1. The molecule has 0 fully saturated rings. The molecule has 7 heteroatoms. The molecule has 0 radical (unpaired) electrons. The molecule has 0 spiro atoms. The number of carbonyl (C=O) groups is 1.